The van der Waals surface area contributed by atoms with Crippen molar-refractivity contribution < 1.29 is 0 Å². The molecule has 1 aromatic carbocycles. The number of fused-ring (bicyclic) bond motifs is 2. The van der Waals surface area contributed by atoms with Crippen LogP contribution < -0.4 is 0 Å². The van der Waals surface area contributed by atoms with E-state index in [0.29, 0.717) is 5.92 Å². The highest BCUT2D eigenvalue weighted by molar-refractivity contribution is 5.26. The van der Waals surface area contributed by atoms with Gasteiger partial charge in [-0.3, -0.25) is 4.90 Å². The molecule has 0 aromatic heterocycles. The van der Waals surface area contributed by atoms with Gasteiger partial charge in [-0.2, -0.15) is 0 Å². The van der Waals surface area contributed by atoms with Crippen LogP contribution >= 0.6 is 0 Å². The van der Waals surface area contributed by atoms with Crippen molar-refractivity contribution in [3.8, 4) is 0 Å². The molecule has 3 aliphatic heterocycles. The fourth-order valence-electron chi connectivity index (χ4n) is 3.55. The van der Waals surface area contributed by atoms with E-state index in [1.54, 1.807) is 0 Å². The average molecular weight is 258 g/mol. The summed E-state index contributed by atoms with van der Waals surface area (Å²) in [5.74, 6) is 0.631. The van der Waals surface area contributed by atoms with E-state index in [-0.39, 0.29) is 0 Å². The molecule has 19 heavy (non-hydrogen) atoms. The molecule has 104 valence electrons. The van der Waals surface area contributed by atoms with E-state index >= 15 is 0 Å². The Balaban J connectivity index is 1.65. The Hall–Kier alpha value is -0.860. The second kappa shape index (κ2) is 5.26. The Labute approximate surface area is 117 Å². The Morgan fingerprint density at radius 1 is 1.21 bits per heavy atom. The zero-order valence-corrected chi connectivity index (χ0v) is 12.5. The number of piperidine rings is 1. The SMILES string of the molecule is CCN1CC2CC(C1)N2Cc1cccc(C(C)C)c1. The summed E-state index contributed by atoms with van der Waals surface area (Å²) in [6.07, 6.45) is 1.42. The number of hydrogen-bond donors (Lipinski definition) is 0. The fourth-order valence-corrected chi connectivity index (χ4v) is 3.55. The normalized spacial score (nSPS) is 27.6. The molecule has 2 atom stereocenters. The van der Waals surface area contributed by atoms with Crippen molar-refractivity contribution >= 4 is 0 Å². The molecule has 2 heteroatoms. The van der Waals surface area contributed by atoms with Gasteiger partial charge in [-0.25, -0.2) is 0 Å². The Morgan fingerprint density at radius 2 is 1.95 bits per heavy atom. The van der Waals surface area contributed by atoms with Crippen molar-refractivity contribution in [1.29, 1.82) is 0 Å². The first-order valence-corrected chi connectivity index (χ1v) is 7.74. The molecule has 0 saturated carbocycles. The molecule has 4 rings (SSSR count). The molecule has 2 nitrogen and oxygen atoms in total. The summed E-state index contributed by atoms with van der Waals surface area (Å²) in [6, 6.07) is 10.8. The molecule has 1 aromatic rings. The molecule has 3 saturated heterocycles. The molecule has 3 aliphatic rings. The van der Waals surface area contributed by atoms with Gasteiger partial charge in [0.1, 0.15) is 0 Å². The minimum absolute atomic E-state index is 0.631. The molecule has 3 fully saturated rings. The van der Waals surface area contributed by atoms with Crippen LogP contribution in [0.15, 0.2) is 24.3 Å². The van der Waals surface area contributed by atoms with Gasteiger partial charge in [-0.05, 0) is 30.0 Å². The second-order valence-corrected chi connectivity index (χ2v) is 6.47. The quantitative estimate of drug-likeness (QED) is 0.819. The second-order valence-electron chi connectivity index (χ2n) is 6.47. The van der Waals surface area contributed by atoms with Gasteiger partial charge in [-0.15, -0.1) is 0 Å². The van der Waals surface area contributed by atoms with Crippen molar-refractivity contribution in [2.75, 3.05) is 19.6 Å². The van der Waals surface area contributed by atoms with Crippen LogP contribution in [0.2, 0.25) is 0 Å². The largest absolute Gasteiger partial charge is 0.301 e. The molecule has 0 amide bonds. The zero-order chi connectivity index (χ0) is 13.4. The highest BCUT2D eigenvalue weighted by atomic mass is 15.4. The molecule has 0 N–H and O–H groups in total. The lowest BCUT2D eigenvalue weighted by atomic mass is 9.86. The third-order valence-electron chi connectivity index (χ3n) is 4.85. The fraction of sp³-hybridized carbons (Fsp3) is 0.647. The Morgan fingerprint density at radius 3 is 2.58 bits per heavy atom. The van der Waals surface area contributed by atoms with Gasteiger partial charge >= 0.3 is 0 Å². The molecule has 0 spiro atoms. The molecular weight excluding hydrogens is 232 g/mol. The monoisotopic (exact) mass is 258 g/mol. The van der Waals surface area contributed by atoms with Gasteiger partial charge in [0.25, 0.3) is 0 Å². The highest BCUT2D eigenvalue weighted by Crippen LogP contribution is 2.33. The minimum Gasteiger partial charge on any atom is -0.301 e. The first-order chi connectivity index (χ1) is 9.17. The predicted molar refractivity (Wildman–Crippen MR) is 80.4 cm³/mol. The van der Waals surface area contributed by atoms with E-state index in [1.807, 2.05) is 0 Å². The summed E-state index contributed by atoms with van der Waals surface area (Å²) in [5, 5.41) is 0. The molecule has 2 bridgehead atoms. The van der Waals surface area contributed by atoms with Crippen molar-refractivity contribution in [3.05, 3.63) is 35.4 Å². The predicted octanol–water partition coefficient (Wildman–Crippen LogP) is 3.09. The van der Waals surface area contributed by atoms with Crippen LogP contribution in [0.5, 0.6) is 0 Å². The topological polar surface area (TPSA) is 6.48 Å². The van der Waals surface area contributed by atoms with E-state index in [0.717, 1.165) is 18.6 Å². The maximum absolute atomic E-state index is 2.71. The number of hydrogen-bond acceptors (Lipinski definition) is 2. The van der Waals surface area contributed by atoms with Crippen LogP contribution in [0.25, 0.3) is 0 Å². The van der Waals surface area contributed by atoms with Gasteiger partial charge in [0.05, 0.1) is 0 Å². The average Bonchev–Trinajstić information content (AvgIpc) is 2.45. The minimum atomic E-state index is 0.631. The smallest absolute Gasteiger partial charge is 0.0245 e. The van der Waals surface area contributed by atoms with Crippen LogP contribution in [0.4, 0.5) is 0 Å². The van der Waals surface area contributed by atoms with Crippen LogP contribution in [-0.2, 0) is 6.54 Å². The number of piperazine rings is 1. The van der Waals surface area contributed by atoms with Gasteiger partial charge in [0.2, 0.25) is 0 Å². The number of benzene rings is 1. The number of rotatable bonds is 4. The van der Waals surface area contributed by atoms with Crippen molar-refractivity contribution in [1.82, 2.24) is 9.80 Å². The molecular formula is C17H26N2. The Kier molecular flexibility index (Phi) is 3.64. The summed E-state index contributed by atoms with van der Waals surface area (Å²) in [7, 11) is 0. The molecule has 0 aliphatic carbocycles. The third kappa shape index (κ3) is 2.56. The number of likely N-dealkylation sites (N-methyl/N-ethyl adjacent to an activating group) is 1. The summed E-state index contributed by atoms with van der Waals surface area (Å²) >= 11 is 0. The van der Waals surface area contributed by atoms with E-state index in [2.05, 4.69) is 54.8 Å². The maximum Gasteiger partial charge on any atom is 0.0245 e. The standard InChI is InChI=1S/C17H26N2/c1-4-18-11-16-9-17(12-18)19(16)10-14-6-5-7-15(8-14)13(2)3/h5-8,13,16-17H,4,9-12H2,1-3H3. The maximum atomic E-state index is 2.71. The summed E-state index contributed by atoms with van der Waals surface area (Å²) < 4.78 is 0. The first kappa shape index (κ1) is 13.1. The highest BCUT2D eigenvalue weighted by Gasteiger charge is 2.43. The molecule has 2 unspecified atom stereocenters. The zero-order valence-electron chi connectivity index (χ0n) is 12.5. The summed E-state index contributed by atoms with van der Waals surface area (Å²) in [5.41, 5.74) is 2.96. The van der Waals surface area contributed by atoms with E-state index < -0.39 is 0 Å². The van der Waals surface area contributed by atoms with E-state index in [1.165, 1.54) is 37.2 Å². The van der Waals surface area contributed by atoms with Gasteiger partial charge in [-0.1, -0.05) is 45.0 Å². The summed E-state index contributed by atoms with van der Waals surface area (Å²) in [6.45, 7) is 11.7. The lowest BCUT2D eigenvalue weighted by Crippen LogP contribution is -2.67. The van der Waals surface area contributed by atoms with Crippen molar-refractivity contribution in [2.45, 2.75) is 51.7 Å². The van der Waals surface area contributed by atoms with Gasteiger partial charge < -0.3 is 4.90 Å². The lowest BCUT2D eigenvalue weighted by molar-refractivity contribution is -0.0732. The molecule has 0 radical (unpaired) electrons. The van der Waals surface area contributed by atoms with Gasteiger partial charge in [0, 0.05) is 31.7 Å². The van der Waals surface area contributed by atoms with Crippen LogP contribution in [-0.4, -0.2) is 41.5 Å². The number of nitrogens with zero attached hydrogens (tertiary/aromatic N) is 2. The Bertz CT molecular complexity index is 429. The first-order valence-electron chi connectivity index (χ1n) is 7.74. The van der Waals surface area contributed by atoms with Crippen LogP contribution in [0.1, 0.15) is 44.2 Å². The molecule has 3 heterocycles. The van der Waals surface area contributed by atoms with E-state index in [9.17, 15) is 0 Å². The van der Waals surface area contributed by atoms with Crippen molar-refractivity contribution in [3.63, 3.8) is 0 Å². The van der Waals surface area contributed by atoms with Crippen molar-refractivity contribution in [2.24, 2.45) is 0 Å². The summed E-state index contributed by atoms with van der Waals surface area (Å²) in [4.78, 5) is 5.31. The third-order valence-corrected chi connectivity index (χ3v) is 4.85. The van der Waals surface area contributed by atoms with Crippen LogP contribution in [0.3, 0.4) is 0 Å². The lowest BCUT2D eigenvalue weighted by Gasteiger charge is -2.56. The van der Waals surface area contributed by atoms with E-state index in [4.69, 9.17) is 0 Å². The van der Waals surface area contributed by atoms with Crippen LogP contribution in [0, 0.1) is 0 Å². The van der Waals surface area contributed by atoms with Gasteiger partial charge in [0.15, 0.2) is 0 Å².